The van der Waals surface area contributed by atoms with E-state index in [4.69, 9.17) is 9.47 Å². The summed E-state index contributed by atoms with van der Waals surface area (Å²) in [5.41, 5.74) is 0.982. The molecule has 0 aromatic heterocycles. The van der Waals surface area contributed by atoms with Gasteiger partial charge in [0.05, 0.1) is 12.0 Å². The van der Waals surface area contributed by atoms with E-state index in [1.54, 1.807) is 31.2 Å². The third-order valence-corrected chi connectivity index (χ3v) is 6.71. The number of hydrogen-bond acceptors (Lipinski definition) is 5. The first kappa shape index (κ1) is 22.1. The first-order valence-electron chi connectivity index (χ1n) is 9.99. The lowest BCUT2D eigenvalue weighted by molar-refractivity contribution is -0.132. The summed E-state index contributed by atoms with van der Waals surface area (Å²) in [6, 6.07) is 13.7. The number of carbonyl (C=O) groups is 1. The van der Waals surface area contributed by atoms with Crippen molar-refractivity contribution < 1.29 is 22.7 Å². The average Bonchev–Trinajstić information content (AvgIpc) is 3.25. The molecular weight excluding hydrogens is 404 g/mol. The van der Waals surface area contributed by atoms with Crippen LogP contribution in [0, 0.1) is 0 Å². The Morgan fingerprint density at radius 1 is 1.03 bits per heavy atom. The fraction of sp³-hybridized carbons (Fsp3) is 0.409. The van der Waals surface area contributed by atoms with Crippen LogP contribution in [0.15, 0.2) is 53.4 Å². The van der Waals surface area contributed by atoms with E-state index in [1.165, 1.54) is 12.1 Å². The molecule has 30 heavy (non-hydrogen) atoms. The van der Waals surface area contributed by atoms with E-state index in [9.17, 15) is 13.2 Å². The number of benzene rings is 2. The molecule has 2 aromatic carbocycles. The van der Waals surface area contributed by atoms with Gasteiger partial charge in [-0.2, -0.15) is 0 Å². The van der Waals surface area contributed by atoms with E-state index >= 15 is 0 Å². The van der Waals surface area contributed by atoms with Crippen molar-refractivity contribution >= 4 is 15.9 Å². The molecule has 1 aliphatic carbocycles. The van der Waals surface area contributed by atoms with Crippen LogP contribution in [0.3, 0.4) is 0 Å². The highest BCUT2D eigenvalue weighted by Crippen LogP contribution is 2.22. The van der Waals surface area contributed by atoms with Gasteiger partial charge in [0.1, 0.15) is 11.5 Å². The number of likely N-dealkylation sites (N-methyl/N-ethyl adjacent to an activating group) is 1. The van der Waals surface area contributed by atoms with Crippen molar-refractivity contribution in [3.05, 3.63) is 54.1 Å². The zero-order valence-electron chi connectivity index (χ0n) is 17.3. The number of rotatable bonds is 9. The third kappa shape index (κ3) is 5.96. The first-order chi connectivity index (χ1) is 14.4. The van der Waals surface area contributed by atoms with Gasteiger partial charge in [0.2, 0.25) is 10.0 Å². The Kier molecular flexibility index (Phi) is 7.33. The van der Waals surface area contributed by atoms with Crippen LogP contribution in [0.2, 0.25) is 0 Å². The second kappa shape index (κ2) is 9.95. The van der Waals surface area contributed by atoms with E-state index in [1.807, 2.05) is 24.3 Å². The molecule has 8 heteroatoms. The summed E-state index contributed by atoms with van der Waals surface area (Å²) in [6.45, 7) is 0.329. The average molecular weight is 433 g/mol. The van der Waals surface area contributed by atoms with E-state index in [0.29, 0.717) is 12.3 Å². The second-order valence-electron chi connectivity index (χ2n) is 7.46. The molecule has 0 spiro atoms. The zero-order valence-corrected chi connectivity index (χ0v) is 18.2. The summed E-state index contributed by atoms with van der Waals surface area (Å²) in [7, 11) is -0.219. The highest BCUT2D eigenvalue weighted by molar-refractivity contribution is 7.89. The zero-order chi connectivity index (χ0) is 21.6. The molecule has 162 valence electrons. The molecule has 0 heterocycles. The number of nitrogens with zero attached hydrogens (tertiary/aromatic N) is 1. The van der Waals surface area contributed by atoms with E-state index < -0.39 is 10.0 Å². The topological polar surface area (TPSA) is 84.9 Å². The van der Waals surface area contributed by atoms with Crippen LogP contribution < -0.4 is 14.2 Å². The lowest BCUT2D eigenvalue weighted by Gasteiger charge is -2.18. The number of ether oxygens (including phenoxy) is 2. The fourth-order valence-corrected chi connectivity index (χ4v) is 4.70. The molecule has 3 rings (SSSR count). The maximum atomic E-state index is 12.4. The van der Waals surface area contributed by atoms with Gasteiger partial charge in [-0.05, 0) is 54.8 Å². The molecule has 2 aromatic rings. The van der Waals surface area contributed by atoms with Gasteiger partial charge >= 0.3 is 0 Å². The van der Waals surface area contributed by atoms with Crippen LogP contribution in [-0.2, 0) is 21.4 Å². The van der Waals surface area contributed by atoms with Crippen molar-refractivity contribution in [2.75, 3.05) is 20.8 Å². The molecule has 0 aliphatic heterocycles. The Balaban J connectivity index is 1.50. The SMILES string of the molecule is COc1ccc(CN(C)C(=O)COc2ccc(S(=O)(=O)NC3CCCC3)cc2)cc1. The predicted octanol–water partition coefficient (Wildman–Crippen LogP) is 2.95. The minimum absolute atomic E-state index is 0.0183. The Morgan fingerprint density at radius 3 is 2.23 bits per heavy atom. The molecule has 7 nitrogen and oxygen atoms in total. The number of sulfonamides is 1. The molecule has 1 fully saturated rings. The number of carbonyl (C=O) groups excluding carboxylic acids is 1. The monoisotopic (exact) mass is 432 g/mol. The lowest BCUT2D eigenvalue weighted by Crippen LogP contribution is -2.32. The molecule has 0 atom stereocenters. The standard InChI is InChI=1S/C22H28N2O5S/c1-24(15-17-7-9-19(28-2)10-8-17)22(25)16-29-20-11-13-21(14-12-20)30(26,27)23-18-5-3-4-6-18/h7-14,18,23H,3-6,15-16H2,1-2H3. The molecule has 1 aliphatic rings. The van der Waals surface area contributed by atoms with Gasteiger partial charge in [-0.3, -0.25) is 4.79 Å². The third-order valence-electron chi connectivity index (χ3n) is 5.18. The first-order valence-corrected chi connectivity index (χ1v) is 11.5. The normalized spacial score (nSPS) is 14.5. The van der Waals surface area contributed by atoms with Crippen molar-refractivity contribution in [1.29, 1.82) is 0 Å². The molecule has 0 unspecified atom stereocenters. The number of methoxy groups -OCH3 is 1. The fourth-order valence-electron chi connectivity index (χ4n) is 3.39. The van der Waals surface area contributed by atoms with Gasteiger partial charge in [0.25, 0.3) is 5.91 Å². The van der Waals surface area contributed by atoms with Crippen LogP contribution in [-0.4, -0.2) is 46.0 Å². The van der Waals surface area contributed by atoms with Gasteiger partial charge in [-0.1, -0.05) is 25.0 Å². The minimum Gasteiger partial charge on any atom is -0.497 e. The number of nitrogens with one attached hydrogen (secondary N) is 1. The van der Waals surface area contributed by atoms with Crippen molar-refractivity contribution in [2.45, 2.75) is 43.2 Å². The van der Waals surface area contributed by atoms with Gasteiger partial charge in [0, 0.05) is 19.6 Å². The quantitative estimate of drug-likeness (QED) is 0.659. The molecular formula is C22H28N2O5S. The van der Waals surface area contributed by atoms with Crippen molar-refractivity contribution in [1.82, 2.24) is 9.62 Å². The lowest BCUT2D eigenvalue weighted by atomic mass is 10.2. The van der Waals surface area contributed by atoms with E-state index in [-0.39, 0.29) is 23.5 Å². The van der Waals surface area contributed by atoms with Crippen molar-refractivity contribution in [3.8, 4) is 11.5 Å². The maximum Gasteiger partial charge on any atom is 0.260 e. The Labute approximate surface area is 178 Å². The summed E-state index contributed by atoms with van der Waals surface area (Å²) in [6.07, 6.45) is 3.88. The molecule has 0 radical (unpaired) electrons. The maximum absolute atomic E-state index is 12.4. The van der Waals surface area contributed by atoms with Crippen molar-refractivity contribution in [3.63, 3.8) is 0 Å². The molecule has 0 bridgehead atoms. The number of amides is 1. The summed E-state index contributed by atoms with van der Waals surface area (Å²) >= 11 is 0. The van der Waals surface area contributed by atoms with Crippen LogP contribution >= 0.6 is 0 Å². The van der Waals surface area contributed by atoms with Gasteiger partial charge < -0.3 is 14.4 Å². The smallest absolute Gasteiger partial charge is 0.260 e. The predicted molar refractivity (Wildman–Crippen MR) is 114 cm³/mol. The molecule has 1 saturated carbocycles. The number of hydrogen-bond donors (Lipinski definition) is 1. The van der Waals surface area contributed by atoms with E-state index in [0.717, 1.165) is 37.0 Å². The van der Waals surface area contributed by atoms with Crippen LogP contribution in [0.4, 0.5) is 0 Å². The van der Waals surface area contributed by atoms with Crippen LogP contribution in [0.1, 0.15) is 31.2 Å². The minimum atomic E-state index is -3.53. The van der Waals surface area contributed by atoms with Gasteiger partial charge in [0.15, 0.2) is 6.61 Å². The van der Waals surface area contributed by atoms with Gasteiger partial charge in [-0.25, -0.2) is 13.1 Å². The van der Waals surface area contributed by atoms with Crippen molar-refractivity contribution in [2.24, 2.45) is 0 Å². The summed E-state index contributed by atoms with van der Waals surface area (Å²) in [4.78, 5) is 14.1. The Hall–Kier alpha value is -2.58. The largest absolute Gasteiger partial charge is 0.497 e. The van der Waals surface area contributed by atoms with Crippen LogP contribution in [0.25, 0.3) is 0 Å². The Bertz CT molecular complexity index is 936. The molecule has 1 amide bonds. The molecule has 1 N–H and O–H groups in total. The highest BCUT2D eigenvalue weighted by Gasteiger charge is 2.22. The second-order valence-corrected chi connectivity index (χ2v) is 9.17. The Morgan fingerprint density at radius 2 is 1.63 bits per heavy atom. The summed E-state index contributed by atoms with van der Waals surface area (Å²) in [5, 5.41) is 0. The van der Waals surface area contributed by atoms with E-state index in [2.05, 4.69) is 4.72 Å². The highest BCUT2D eigenvalue weighted by atomic mass is 32.2. The van der Waals surface area contributed by atoms with Gasteiger partial charge in [-0.15, -0.1) is 0 Å². The summed E-state index contributed by atoms with van der Waals surface area (Å²) in [5.74, 6) is 1.03. The molecule has 0 saturated heterocycles. The summed E-state index contributed by atoms with van der Waals surface area (Å²) < 4.78 is 38.3. The van der Waals surface area contributed by atoms with Crippen LogP contribution in [0.5, 0.6) is 11.5 Å².